The largest absolute Gasteiger partial charge is 0.361 e. The molecule has 4 rings (SSSR count). The number of likely N-dealkylation sites (tertiary alicyclic amines) is 1. The lowest BCUT2D eigenvalue weighted by molar-refractivity contribution is -0.131. The number of carbonyl (C=O) groups is 1. The van der Waals surface area contributed by atoms with Gasteiger partial charge in [-0.05, 0) is 26.2 Å². The van der Waals surface area contributed by atoms with Crippen LogP contribution in [0.4, 0.5) is 0 Å². The topological polar surface area (TPSA) is 88.5 Å². The first-order valence-electron chi connectivity index (χ1n) is 8.82. The van der Waals surface area contributed by atoms with E-state index in [0.29, 0.717) is 24.2 Å². The first-order valence-corrected chi connectivity index (χ1v) is 8.82. The lowest BCUT2D eigenvalue weighted by Crippen LogP contribution is -2.40. The summed E-state index contributed by atoms with van der Waals surface area (Å²) in [5, 5.41) is 8.09. The van der Waals surface area contributed by atoms with Crippen molar-refractivity contribution in [2.24, 2.45) is 0 Å². The molecule has 2 aromatic rings. The van der Waals surface area contributed by atoms with Crippen LogP contribution in [0.1, 0.15) is 55.3 Å². The molecule has 8 heteroatoms. The lowest BCUT2D eigenvalue weighted by Gasteiger charge is -2.26. The monoisotopic (exact) mass is 345 g/mol. The quantitative estimate of drug-likeness (QED) is 0.789. The van der Waals surface area contributed by atoms with E-state index in [4.69, 9.17) is 9.05 Å². The smallest absolute Gasteiger partial charge is 0.229 e. The molecule has 1 amide bonds. The van der Waals surface area contributed by atoms with Gasteiger partial charge in [0.15, 0.2) is 5.82 Å². The second-order valence-corrected chi connectivity index (χ2v) is 7.08. The second kappa shape index (κ2) is 6.59. The summed E-state index contributed by atoms with van der Waals surface area (Å²) in [7, 11) is 0. The number of hydrogen-bond acceptors (Lipinski definition) is 7. The fourth-order valence-corrected chi connectivity index (χ4v) is 3.41. The molecule has 1 saturated heterocycles. The summed E-state index contributed by atoms with van der Waals surface area (Å²) < 4.78 is 10.4. The highest BCUT2D eigenvalue weighted by Crippen LogP contribution is 2.38. The van der Waals surface area contributed by atoms with Crippen LogP contribution >= 0.6 is 0 Å². The minimum Gasteiger partial charge on any atom is -0.361 e. The van der Waals surface area contributed by atoms with Crippen LogP contribution in [0, 0.1) is 6.92 Å². The number of amides is 1. The van der Waals surface area contributed by atoms with Crippen LogP contribution in [0.25, 0.3) is 0 Å². The van der Waals surface area contributed by atoms with Gasteiger partial charge in [0.25, 0.3) is 0 Å². The highest BCUT2D eigenvalue weighted by atomic mass is 16.5. The number of carbonyl (C=O) groups excluding carboxylic acids is 1. The second-order valence-electron chi connectivity index (χ2n) is 7.08. The van der Waals surface area contributed by atoms with Gasteiger partial charge in [0.05, 0.1) is 12.2 Å². The molecule has 134 valence electrons. The summed E-state index contributed by atoms with van der Waals surface area (Å²) >= 11 is 0. The van der Waals surface area contributed by atoms with Crippen molar-refractivity contribution in [1.29, 1.82) is 0 Å². The zero-order valence-corrected chi connectivity index (χ0v) is 14.6. The van der Waals surface area contributed by atoms with Crippen LogP contribution in [0.5, 0.6) is 0 Å². The average molecular weight is 345 g/mol. The van der Waals surface area contributed by atoms with E-state index in [1.54, 1.807) is 6.92 Å². The minimum absolute atomic E-state index is 0.0434. The fraction of sp³-hybridized carbons (Fsp3) is 0.647. The third-order valence-corrected chi connectivity index (χ3v) is 4.88. The van der Waals surface area contributed by atoms with Gasteiger partial charge in [-0.1, -0.05) is 10.3 Å². The third-order valence-electron chi connectivity index (χ3n) is 4.88. The molecule has 0 bridgehead atoms. The van der Waals surface area contributed by atoms with Crippen molar-refractivity contribution < 1.29 is 13.8 Å². The summed E-state index contributed by atoms with van der Waals surface area (Å²) in [6, 6.07) is 2.11. The van der Waals surface area contributed by atoms with E-state index in [1.807, 2.05) is 17.9 Å². The maximum absolute atomic E-state index is 12.2. The van der Waals surface area contributed by atoms with Gasteiger partial charge in [-0.2, -0.15) is 4.98 Å². The maximum atomic E-state index is 12.2. The van der Waals surface area contributed by atoms with Crippen LogP contribution < -0.4 is 0 Å². The van der Waals surface area contributed by atoms with Gasteiger partial charge in [-0.15, -0.1) is 0 Å². The van der Waals surface area contributed by atoms with Crippen molar-refractivity contribution >= 4 is 5.91 Å². The van der Waals surface area contributed by atoms with E-state index in [1.165, 1.54) is 0 Å². The number of nitrogens with zero attached hydrogens (tertiary/aromatic N) is 5. The van der Waals surface area contributed by atoms with Gasteiger partial charge in [-0.25, -0.2) is 0 Å². The molecule has 0 radical (unpaired) electrons. The third kappa shape index (κ3) is 3.73. The number of aromatic nitrogens is 3. The molecule has 0 aromatic carbocycles. The molecule has 3 heterocycles. The molecule has 1 saturated carbocycles. The molecule has 2 aromatic heterocycles. The van der Waals surface area contributed by atoms with Crippen LogP contribution in [0.2, 0.25) is 0 Å². The van der Waals surface area contributed by atoms with E-state index in [0.717, 1.165) is 50.4 Å². The van der Waals surface area contributed by atoms with E-state index in [9.17, 15) is 4.79 Å². The molecular weight excluding hydrogens is 322 g/mol. The van der Waals surface area contributed by atoms with Crippen molar-refractivity contribution in [2.75, 3.05) is 13.1 Å². The number of rotatable bonds is 6. The Bertz CT molecular complexity index is 751. The van der Waals surface area contributed by atoms with Crippen LogP contribution in [-0.2, 0) is 17.9 Å². The molecule has 0 unspecified atom stereocenters. The summed E-state index contributed by atoms with van der Waals surface area (Å²) in [6.07, 6.45) is 3.18. The Morgan fingerprint density at radius 2 is 2.16 bits per heavy atom. The Hall–Kier alpha value is -2.22. The van der Waals surface area contributed by atoms with Crippen LogP contribution in [-0.4, -0.2) is 50.1 Å². The van der Waals surface area contributed by atoms with Crippen molar-refractivity contribution in [2.45, 2.75) is 58.2 Å². The first-order chi connectivity index (χ1) is 12.1. The molecular formula is C17H23N5O3. The zero-order chi connectivity index (χ0) is 17.4. The van der Waals surface area contributed by atoms with Crippen LogP contribution in [0.15, 0.2) is 15.1 Å². The van der Waals surface area contributed by atoms with Crippen molar-refractivity contribution in [3.05, 3.63) is 29.2 Å². The minimum atomic E-state index is 0.0434. The van der Waals surface area contributed by atoms with Crippen molar-refractivity contribution in [1.82, 2.24) is 25.1 Å². The SMILES string of the molecule is CC(=O)N(Cc1noc(C2CC2)n1)[C@@H]1CCN(Cc2cc(C)on2)C1. The van der Waals surface area contributed by atoms with E-state index < -0.39 is 0 Å². The Labute approximate surface area is 146 Å². The standard InChI is InChI=1S/C17H23N5O3/c1-11-7-14(19-24-11)8-21-6-5-15(9-21)22(12(2)23)10-16-18-17(25-20-16)13-3-4-13/h7,13,15H,3-6,8-10H2,1-2H3/t15-/m1/s1. The molecule has 0 spiro atoms. The number of aryl methyl sites for hydroxylation is 1. The molecule has 8 nitrogen and oxygen atoms in total. The normalized spacial score (nSPS) is 21.0. The predicted molar refractivity (Wildman–Crippen MR) is 87.4 cm³/mol. The van der Waals surface area contributed by atoms with E-state index in [2.05, 4.69) is 20.2 Å². The first kappa shape index (κ1) is 16.3. The highest BCUT2D eigenvalue weighted by molar-refractivity contribution is 5.73. The maximum Gasteiger partial charge on any atom is 0.229 e. The Morgan fingerprint density at radius 3 is 2.84 bits per heavy atom. The van der Waals surface area contributed by atoms with E-state index in [-0.39, 0.29) is 11.9 Å². The fourth-order valence-electron chi connectivity index (χ4n) is 3.41. The lowest BCUT2D eigenvalue weighted by atomic mass is 10.2. The van der Waals surface area contributed by atoms with Gasteiger partial charge in [-0.3, -0.25) is 9.69 Å². The highest BCUT2D eigenvalue weighted by Gasteiger charge is 2.32. The molecule has 25 heavy (non-hydrogen) atoms. The molecule has 1 aliphatic heterocycles. The molecule has 1 atom stereocenters. The Balaban J connectivity index is 1.37. The summed E-state index contributed by atoms with van der Waals surface area (Å²) in [5.41, 5.74) is 0.930. The van der Waals surface area contributed by atoms with Gasteiger partial charge >= 0.3 is 0 Å². The van der Waals surface area contributed by atoms with Crippen molar-refractivity contribution in [3.63, 3.8) is 0 Å². The Morgan fingerprint density at radius 1 is 1.32 bits per heavy atom. The summed E-state index contributed by atoms with van der Waals surface area (Å²) in [5.74, 6) is 2.61. The van der Waals surface area contributed by atoms with E-state index >= 15 is 0 Å². The average Bonchev–Trinajstić information content (AvgIpc) is 2.95. The molecule has 2 fully saturated rings. The van der Waals surface area contributed by atoms with Gasteiger partial charge in [0.2, 0.25) is 11.8 Å². The zero-order valence-electron chi connectivity index (χ0n) is 14.6. The Kier molecular flexibility index (Phi) is 4.29. The summed E-state index contributed by atoms with van der Waals surface area (Å²) in [6.45, 7) is 6.40. The van der Waals surface area contributed by atoms with Gasteiger partial charge in [0, 0.05) is 44.6 Å². The van der Waals surface area contributed by atoms with Crippen molar-refractivity contribution in [3.8, 4) is 0 Å². The van der Waals surface area contributed by atoms with Crippen LogP contribution in [0.3, 0.4) is 0 Å². The number of hydrogen-bond donors (Lipinski definition) is 0. The van der Waals surface area contributed by atoms with Gasteiger partial charge in [0.1, 0.15) is 5.76 Å². The summed E-state index contributed by atoms with van der Waals surface area (Å²) in [4.78, 5) is 20.8. The molecule has 0 N–H and O–H groups in total. The van der Waals surface area contributed by atoms with Gasteiger partial charge < -0.3 is 13.9 Å². The predicted octanol–water partition coefficient (Wildman–Crippen LogP) is 1.87. The molecule has 1 aliphatic carbocycles. The molecule has 2 aliphatic rings.